The lowest BCUT2D eigenvalue weighted by Crippen LogP contribution is -2.33. The molecule has 2 rings (SSSR count). The van der Waals surface area contributed by atoms with Gasteiger partial charge in [-0.15, -0.1) is 0 Å². The molecule has 1 fully saturated rings. The Morgan fingerprint density at radius 3 is 2.65 bits per heavy atom. The van der Waals surface area contributed by atoms with Crippen LogP contribution in [0.15, 0.2) is 18.3 Å². The van der Waals surface area contributed by atoms with E-state index in [1.54, 1.807) is 0 Å². The van der Waals surface area contributed by atoms with Gasteiger partial charge < -0.3 is 10.2 Å². The van der Waals surface area contributed by atoms with Crippen molar-refractivity contribution in [2.24, 2.45) is 0 Å². The van der Waals surface area contributed by atoms with Gasteiger partial charge >= 0.3 is 0 Å². The Morgan fingerprint density at radius 1 is 1.30 bits per heavy atom. The van der Waals surface area contributed by atoms with Crippen molar-refractivity contribution < 1.29 is 0 Å². The number of nitrogens with one attached hydrogen (secondary N) is 1. The summed E-state index contributed by atoms with van der Waals surface area (Å²) in [6.45, 7) is 5.46. The largest absolute Gasteiger partial charge is 0.357 e. The minimum atomic E-state index is 0.386. The van der Waals surface area contributed by atoms with Crippen LogP contribution in [0.1, 0.15) is 64.0 Å². The van der Waals surface area contributed by atoms with Gasteiger partial charge in [-0.3, -0.25) is 0 Å². The maximum absolute atomic E-state index is 4.67. The number of aromatic nitrogens is 1. The molecular formula is C17H29N3. The van der Waals surface area contributed by atoms with E-state index in [1.807, 2.05) is 6.20 Å². The van der Waals surface area contributed by atoms with Crippen LogP contribution in [0.25, 0.3) is 0 Å². The quantitative estimate of drug-likeness (QED) is 0.853. The molecule has 1 aliphatic rings. The summed E-state index contributed by atoms with van der Waals surface area (Å²) in [4.78, 5) is 7.04. The topological polar surface area (TPSA) is 28.2 Å². The van der Waals surface area contributed by atoms with Crippen LogP contribution in [0.5, 0.6) is 0 Å². The number of nitrogens with zero attached hydrogens (tertiary/aromatic N) is 2. The number of pyridine rings is 1. The first kappa shape index (κ1) is 15.3. The fraction of sp³-hybridized carbons (Fsp3) is 0.706. The minimum absolute atomic E-state index is 0.386. The molecule has 0 aliphatic heterocycles. The molecule has 0 saturated heterocycles. The van der Waals surface area contributed by atoms with E-state index in [9.17, 15) is 0 Å². The Bertz CT molecular complexity index is 382. The van der Waals surface area contributed by atoms with E-state index in [-0.39, 0.29) is 0 Å². The summed E-state index contributed by atoms with van der Waals surface area (Å²) in [5.74, 6) is 1.11. The van der Waals surface area contributed by atoms with Crippen LogP contribution in [-0.4, -0.2) is 24.6 Å². The molecule has 0 bridgehead atoms. The highest BCUT2D eigenvalue weighted by molar-refractivity contribution is 5.40. The van der Waals surface area contributed by atoms with Crippen molar-refractivity contribution in [3.8, 4) is 0 Å². The molecule has 112 valence electrons. The first-order chi connectivity index (χ1) is 9.72. The number of hydrogen-bond donors (Lipinski definition) is 1. The summed E-state index contributed by atoms with van der Waals surface area (Å²) in [7, 11) is 2.19. The average Bonchev–Trinajstić information content (AvgIpc) is 2.53. The lowest BCUT2D eigenvalue weighted by Gasteiger charge is -2.32. The molecule has 1 N–H and O–H groups in total. The molecule has 3 nitrogen and oxygen atoms in total. The molecule has 0 spiro atoms. The third-order valence-electron chi connectivity index (χ3n) is 4.46. The van der Waals surface area contributed by atoms with Gasteiger partial charge in [0.15, 0.2) is 0 Å². The fourth-order valence-electron chi connectivity index (χ4n) is 3.00. The second-order valence-corrected chi connectivity index (χ2v) is 6.03. The van der Waals surface area contributed by atoms with E-state index in [4.69, 9.17) is 0 Å². The predicted octanol–water partition coefficient (Wildman–Crippen LogP) is 3.91. The van der Waals surface area contributed by atoms with Crippen LogP contribution in [-0.2, 0) is 0 Å². The van der Waals surface area contributed by atoms with Crippen molar-refractivity contribution in [3.63, 3.8) is 0 Å². The molecule has 20 heavy (non-hydrogen) atoms. The van der Waals surface area contributed by atoms with Crippen LogP contribution in [0.2, 0.25) is 0 Å². The third-order valence-corrected chi connectivity index (χ3v) is 4.46. The average molecular weight is 275 g/mol. The van der Waals surface area contributed by atoms with E-state index >= 15 is 0 Å². The van der Waals surface area contributed by atoms with Crippen LogP contribution < -0.4 is 10.2 Å². The van der Waals surface area contributed by atoms with Crippen molar-refractivity contribution >= 4 is 5.82 Å². The molecule has 0 amide bonds. The standard InChI is InChI=1S/C17H29N3/c1-4-12-18-14(2)15-10-11-17(19-13-15)20(3)16-8-6-5-7-9-16/h10-11,13-14,16,18H,4-9,12H2,1-3H3. The van der Waals surface area contributed by atoms with E-state index in [2.05, 4.69) is 48.2 Å². The summed E-state index contributed by atoms with van der Waals surface area (Å²) in [5, 5.41) is 3.51. The van der Waals surface area contributed by atoms with Crippen molar-refractivity contribution in [3.05, 3.63) is 23.9 Å². The minimum Gasteiger partial charge on any atom is -0.357 e. The van der Waals surface area contributed by atoms with Crippen molar-refractivity contribution in [2.75, 3.05) is 18.5 Å². The third kappa shape index (κ3) is 3.95. The number of rotatable bonds is 6. The molecular weight excluding hydrogens is 246 g/mol. The van der Waals surface area contributed by atoms with Gasteiger partial charge in [0.25, 0.3) is 0 Å². The maximum atomic E-state index is 4.67. The van der Waals surface area contributed by atoms with Gasteiger partial charge in [0.2, 0.25) is 0 Å². The van der Waals surface area contributed by atoms with E-state index < -0.39 is 0 Å². The highest BCUT2D eigenvalue weighted by Gasteiger charge is 2.19. The van der Waals surface area contributed by atoms with Crippen molar-refractivity contribution in [1.29, 1.82) is 0 Å². The summed E-state index contributed by atoms with van der Waals surface area (Å²) in [6.07, 6.45) is 9.96. The van der Waals surface area contributed by atoms with E-state index in [0.717, 1.165) is 12.4 Å². The van der Waals surface area contributed by atoms with Crippen LogP contribution in [0.4, 0.5) is 5.82 Å². The lowest BCUT2D eigenvalue weighted by atomic mass is 9.94. The molecule has 1 aromatic rings. The summed E-state index contributed by atoms with van der Waals surface area (Å²) in [6, 6.07) is 5.46. The molecule has 1 aromatic heterocycles. The SMILES string of the molecule is CCCNC(C)c1ccc(N(C)C2CCCCC2)nc1. The van der Waals surface area contributed by atoms with Crippen LogP contribution in [0, 0.1) is 0 Å². The highest BCUT2D eigenvalue weighted by atomic mass is 15.2. The second kappa shape index (κ2) is 7.63. The Kier molecular flexibility index (Phi) is 5.84. The highest BCUT2D eigenvalue weighted by Crippen LogP contribution is 2.25. The summed E-state index contributed by atoms with van der Waals surface area (Å²) < 4.78 is 0. The Hall–Kier alpha value is -1.09. The maximum Gasteiger partial charge on any atom is 0.128 e. The van der Waals surface area contributed by atoms with Crippen molar-refractivity contribution in [1.82, 2.24) is 10.3 Å². The van der Waals surface area contributed by atoms with Crippen LogP contribution in [0.3, 0.4) is 0 Å². The lowest BCUT2D eigenvalue weighted by molar-refractivity contribution is 0.426. The Balaban J connectivity index is 1.96. The first-order valence-corrected chi connectivity index (χ1v) is 8.14. The molecule has 1 atom stereocenters. The second-order valence-electron chi connectivity index (χ2n) is 6.03. The first-order valence-electron chi connectivity index (χ1n) is 8.14. The van der Waals surface area contributed by atoms with Gasteiger partial charge in [0, 0.05) is 25.3 Å². The van der Waals surface area contributed by atoms with E-state index in [1.165, 1.54) is 44.1 Å². The Morgan fingerprint density at radius 2 is 2.05 bits per heavy atom. The van der Waals surface area contributed by atoms with Gasteiger partial charge in [-0.25, -0.2) is 4.98 Å². The zero-order valence-corrected chi connectivity index (χ0v) is 13.2. The molecule has 0 radical (unpaired) electrons. The van der Waals surface area contributed by atoms with Gasteiger partial charge in [0.05, 0.1) is 0 Å². The van der Waals surface area contributed by atoms with Crippen molar-refractivity contribution in [2.45, 2.75) is 64.5 Å². The van der Waals surface area contributed by atoms with Gasteiger partial charge in [-0.1, -0.05) is 32.3 Å². The van der Waals surface area contributed by atoms with Crippen LogP contribution >= 0.6 is 0 Å². The summed E-state index contributed by atoms with van der Waals surface area (Å²) >= 11 is 0. The Labute approximate surface area is 123 Å². The zero-order valence-electron chi connectivity index (χ0n) is 13.2. The van der Waals surface area contributed by atoms with Gasteiger partial charge in [0.1, 0.15) is 5.82 Å². The summed E-state index contributed by atoms with van der Waals surface area (Å²) in [5.41, 5.74) is 1.28. The molecule has 1 saturated carbocycles. The molecule has 1 heterocycles. The molecule has 3 heteroatoms. The fourth-order valence-corrected chi connectivity index (χ4v) is 3.00. The molecule has 1 aliphatic carbocycles. The van der Waals surface area contributed by atoms with Gasteiger partial charge in [-0.2, -0.15) is 0 Å². The van der Waals surface area contributed by atoms with E-state index in [0.29, 0.717) is 12.1 Å². The zero-order chi connectivity index (χ0) is 14.4. The molecule has 0 aromatic carbocycles. The predicted molar refractivity (Wildman–Crippen MR) is 86.2 cm³/mol. The normalized spacial score (nSPS) is 17.9. The number of anilines is 1. The van der Waals surface area contributed by atoms with Gasteiger partial charge in [-0.05, 0) is 44.4 Å². The number of hydrogen-bond acceptors (Lipinski definition) is 3. The molecule has 1 unspecified atom stereocenters. The monoisotopic (exact) mass is 275 g/mol. The smallest absolute Gasteiger partial charge is 0.128 e.